The van der Waals surface area contributed by atoms with Gasteiger partial charge in [0.05, 0.1) is 0 Å². The Bertz CT molecular complexity index is 408. The zero-order valence-electron chi connectivity index (χ0n) is 12.9. The van der Waals surface area contributed by atoms with Crippen LogP contribution >= 0.6 is 0 Å². The van der Waals surface area contributed by atoms with Gasteiger partial charge in [0.2, 0.25) is 0 Å². The van der Waals surface area contributed by atoms with Crippen molar-refractivity contribution in [2.45, 2.75) is 52.6 Å². The van der Waals surface area contributed by atoms with Crippen LogP contribution in [-0.4, -0.2) is 19.6 Å². The van der Waals surface area contributed by atoms with Gasteiger partial charge in [-0.05, 0) is 37.3 Å². The van der Waals surface area contributed by atoms with Crippen LogP contribution in [0, 0.1) is 12.8 Å². The van der Waals surface area contributed by atoms with Crippen molar-refractivity contribution in [3.63, 3.8) is 0 Å². The molecule has 2 nitrogen and oxygen atoms in total. The third-order valence-corrected chi connectivity index (χ3v) is 4.10. The summed E-state index contributed by atoms with van der Waals surface area (Å²) in [5.41, 5.74) is 4.17. The fourth-order valence-corrected chi connectivity index (χ4v) is 2.70. The minimum absolute atomic E-state index is 0.533. The Morgan fingerprint density at radius 1 is 1.32 bits per heavy atom. The first kappa shape index (κ1) is 14.4. The van der Waals surface area contributed by atoms with Crippen LogP contribution in [-0.2, 0) is 6.54 Å². The van der Waals surface area contributed by atoms with Crippen LogP contribution in [0.1, 0.15) is 44.2 Å². The van der Waals surface area contributed by atoms with E-state index in [1.807, 2.05) is 0 Å². The molecule has 106 valence electrons. The average molecular weight is 260 g/mol. The molecule has 0 bridgehead atoms. The highest BCUT2D eigenvalue weighted by Crippen LogP contribution is 2.29. The van der Waals surface area contributed by atoms with E-state index in [4.69, 9.17) is 0 Å². The highest BCUT2D eigenvalue weighted by molar-refractivity contribution is 5.54. The molecule has 1 aromatic carbocycles. The van der Waals surface area contributed by atoms with Crippen molar-refractivity contribution in [3.05, 3.63) is 29.3 Å². The molecule has 2 rings (SSSR count). The monoisotopic (exact) mass is 260 g/mol. The first-order valence-corrected chi connectivity index (χ1v) is 7.60. The van der Waals surface area contributed by atoms with Gasteiger partial charge in [0.25, 0.3) is 0 Å². The molecular formula is C17H28N2. The maximum absolute atomic E-state index is 3.54. The van der Waals surface area contributed by atoms with Crippen LogP contribution in [0.5, 0.6) is 0 Å². The van der Waals surface area contributed by atoms with Crippen LogP contribution in [0.15, 0.2) is 18.2 Å². The Balaban J connectivity index is 2.07. The first-order chi connectivity index (χ1) is 9.06. The molecule has 19 heavy (non-hydrogen) atoms. The summed E-state index contributed by atoms with van der Waals surface area (Å²) in [7, 11) is 2.24. The van der Waals surface area contributed by atoms with E-state index in [0.29, 0.717) is 6.04 Å². The summed E-state index contributed by atoms with van der Waals surface area (Å²) in [6, 6.07) is 7.36. The predicted octanol–water partition coefficient (Wildman–Crippen LogP) is 3.73. The van der Waals surface area contributed by atoms with Crippen molar-refractivity contribution < 1.29 is 0 Å². The summed E-state index contributed by atoms with van der Waals surface area (Å²) in [5.74, 6) is 0.914. The molecule has 1 fully saturated rings. The lowest BCUT2D eigenvalue weighted by Crippen LogP contribution is -2.31. The second kappa shape index (κ2) is 6.42. The van der Waals surface area contributed by atoms with Crippen LogP contribution in [0.25, 0.3) is 0 Å². The largest absolute Gasteiger partial charge is 0.374 e. The Kier molecular flexibility index (Phi) is 4.87. The number of nitrogens with zero attached hydrogens (tertiary/aromatic N) is 1. The molecule has 0 unspecified atom stereocenters. The lowest BCUT2D eigenvalue weighted by molar-refractivity contribution is 0.321. The van der Waals surface area contributed by atoms with E-state index in [2.05, 4.69) is 56.2 Å². The third kappa shape index (κ3) is 3.97. The molecule has 0 spiro atoms. The minimum atomic E-state index is 0.533. The van der Waals surface area contributed by atoms with Gasteiger partial charge in [-0.25, -0.2) is 0 Å². The van der Waals surface area contributed by atoms with Gasteiger partial charge >= 0.3 is 0 Å². The van der Waals surface area contributed by atoms with Gasteiger partial charge in [0, 0.05) is 31.9 Å². The number of hydrogen-bond donors (Lipinski definition) is 1. The van der Waals surface area contributed by atoms with Crippen molar-refractivity contribution in [1.82, 2.24) is 5.32 Å². The fraction of sp³-hybridized carbons (Fsp3) is 0.647. The van der Waals surface area contributed by atoms with Crippen molar-refractivity contribution in [1.29, 1.82) is 0 Å². The summed E-state index contributed by atoms with van der Waals surface area (Å²) in [6.45, 7) is 8.75. The zero-order chi connectivity index (χ0) is 13.8. The number of nitrogens with one attached hydrogen (secondary N) is 1. The minimum Gasteiger partial charge on any atom is -0.374 e. The van der Waals surface area contributed by atoms with Gasteiger partial charge in [-0.2, -0.15) is 0 Å². The van der Waals surface area contributed by atoms with Crippen molar-refractivity contribution in [2.75, 3.05) is 18.5 Å². The van der Waals surface area contributed by atoms with E-state index < -0.39 is 0 Å². The predicted molar refractivity (Wildman–Crippen MR) is 83.8 cm³/mol. The zero-order valence-corrected chi connectivity index (χ0v) is 12.9. The highest BCUT2D eigenvalue weighted by Gasteiger charge is 2.20. The second-order valence-electron chi connectivity index (χ2n) is 6.35. The summed E-state index contributed by atoms with van der Waals surface area (Å²) in [4.78, 5) is 2.45. The SMILES string of the molecule is Cc1ccc(N(C)CC2CCC2)c(CNC(C)C)c1. The maximum atomic E-state index is 3.54. The molecule has 0 radical (unpaired) electrons. The molecular weight excluding hydrogens is 232 g/mol. The molecule has 1 saturated carbocycles. The fourth-order valence-electron chi connectivity index (χ4n) is 2.70. The smallest absolute Gasteiger partial charge is 0.0409 e. The van der Waals surface area contributed by atoms with E-state index in [1.54, 1.807) is 0 Å². The summed E-state index contributed by atoms with van der Waals surface area (Å²) in [6.07, 6.45) is 4.25. The summed E-state index contributed by atoms with van der Waals surface area (Å²) >= 11 is 0. The van der Waals surface area contributed by atoms with Gasteiger partial charge in [-0.3, -0.25) is 0 Å². The number of anilines is 1. The van der Waals surface area contributed by atoms with E-state index in [1.165, 1.54) is 42.6 Å². The maximum Gasteiger partial charge on any atom is 0.0409 e. The molecule has 0 heterocycles. The van der Waals surface area contributed by atoms with E-state index >= 15 is 0 Å². The molecule has 2 heteroatoms. The highest BCUT2D eigenvalue weighted by atomic mass is 15.1. The topological polar surface area (TPSA) is 15.3 Å². The number of rotatable bonds is 6. The Hall–Kier alpha value is -1.02. The average Bonchev–Trinajstić information content (AvgIpc) is 2.31. The van der Waals surface area contributed by atoms with Gasteiger partial charge in [0.1, 0.15) is 0 Å². The molecule has 1 aliphatic rings. The summed E-state index contributed by atoms with van der Waals surface area (Å²) < 4.78 is 0. The van der Waals surface area contributed by atoms with Gasteiger partial charge in [0.15, 0.2) is 0 Å². The Morgan fingerprint density at radius 2 is 2.05 bits per heavy atom. The molecule has 0 aromatic heterocycles. The standard InChI is InChI=1S/C17H28N2/c1-13(2)18-11-16-10-14(3)8-9-17(16)19(4)12-15-6-5-7-15/h8-10,13,15,18H,5-7,11-12H2,1-4H3. The summed E-state index contributed by atoms with van der Waals surface area (Å²) in [5, 5.41) is 3.54. The first-order valence-electron chi connectivity index (χ1n) is 7.60. The van der Waals surface area contributed by atoms with E-state index in [-0.39, 0.29) is 0 Å². The number of aryl methyl sites for hydroxylation is 1. The van der Waals surface area contributed by atoms with Crippen LogP contribution in [0.4, 0.5) is 5.69 Å². The quantitative estimate of drug-likeness (QED) is 0.838. The molecule has 0 aliphatic heterocycles. The lowest BCUT2D eigenvalue weighted by Gasteiger charge is -2.32. The second-order valence-corrected chi connectivity index (χ2v) is 6.35. The van der Waals surface area contributed by atoms with Crippen LogP contribution in [0.2, 0.25) is 0 Å². The van der Waals surface area contributed by atoms with Crippen LogP contribution < -0.4 is 10.2 Å². The normalized spacial score (nSPS) is 15.6. The number of benzene rings is 1. The van der Waals surface area contributed by atoms with Crippen molar-refractivity contribution in [2.24, 2.45) is 5.92 Å². The van der Waals surface area contributed by atoms with Crippen molar-refractivity contribution in [3.8, 4) is 0 Å². The molecule has 1 N–H and O–H groups in total. The molecule has 1 aromatic rings. The number of hydrogen-bond acceptors (Lipinski definition) is 2. The molecule has 1 aliphatic carbocycles. The third-order valence-electron chi connectivity index (χ3n) is 4.10. The Labute approximate surface area is 118 Å². The van der Waals surface area contributed by atoms with Crippen LogP contribution in [0.3, 0.4) is 0 Å². The van der Waals surface area contributed by atoms with E-state index in [9.17, 15) is 0 Å². The molecule has 0 amide bonds. The lowest BCUT2D eigenvalue weighted by atomic mass is 9.85. The van der Waals surface area contributed by atoms with Gasteiger partial charge in [-0.15, -0.1) is 0 Å². The van der Waals surface area contributed by atoms with Crippen molar-refractivity contribution >= 4 is 5.69 Å². The Morgan fingerprint density at radius 3 is 2.63 bits per heavy atom. The molecule has 0 atom stereocenters. The van der Waals surface area contributed by atoms with E-state index in [0.717, 1.165) is 12.5 Å². The van der Waals surface area contributed by atoms with Gasteiger partial charge in [-0.1, -0.05) is 38.0 Å². The van der Waals surface area contributed by atoms with Gasteiger partial charge < -0.3 is 10.2 Å². The molecule has 0 saturated heterocycles.